The molecular formula is C12H25N3O2. The topological polar surface area (TPSA) is 44.8 Å². The molecule has 0 radical (unpaired) electrons. The standard InChI is InChI=1S/C12H25N3O2/c1-11(2)14-5-7-15(8-6-14)12(16)10-13-4-9-17-3/h11,13H,4-10H2,1-3H3. The van der Waals surface area contributed by atoms with E-state index < -0.39 is 0 Å². The average molecular weight is 243 g/mol. The zero-order valence-corrected chi connectivity index (χ0v) is 11.2. The SMILES string of the molecule is COCCNCC(=O)N1CCN(C(C)C)CC1. The summed E-state index contributed by atoms with van der Waals surface area (Å²) in [4.78, 5) is 16.2. The number of methoxy groups -OCH3 is 1. The van der Waals surface area contributed by atoms with Crippen molar-refractivity contribution in [3.8, 4) is 0 Å². The molecule has 0 aliphatic carbocycles. The summed E-state index contributed by atoms with van der Waals surface area (Å²) < 4.78 is 4.92. The van der Waals surface area contributed by atoms with Gasteiger partial charge in [0.1, 0.15) is 0 Å². The number of rotatable bonds is 6. The van der Waals surface area contributed by atoms with Crippen LogP contribution in [0.2, 0.25) is 0 Å². The van der Waals surface area contributed by atoms with Crippen molar-refractivity contribution in [3.05, 3.63) is 0 Å². The second-order valence-electron chi connectivity index (χ2n) is 4.68. The van der Waals surface area contributed by atoms with Crippen molar-refractivity contribution < 1.29 is 9.53 Å². The van der Waals surface area contributed by atoms with Gasteiger partial charge in [-0.15, -0.1) is 0 Å². The van der Waals surface area contributed by atoms with E-state index in [1.165, 1.54) is 0 Å². The minimum Gasteiger partial charge on any atom is -0.383 e. The molecule has 1 rings (SSSR count). The van der Waals surface area contributed by atoms with Crippen LogP contribution in [0.25, 0.3) is 0 Å². The van der Waals surface area contributed by atoms with Gasteiger partial charge in [0.15, 0.2) is 0 Å². The molecule has 0 aromatic carbocycles. The summed E-state index contributed by atoms with van der Waals surface area (Å²) in [5.74, 6) is 0.199. The quantitative estimate of drug-likeness (QED) is 0.655. The maximum absolute atomic E-state index is 11.8. The molecule has 5 nitrogen and oxygen atoms in total. The molecular weight excluding hydrogens is 218 g/mol. The molecule has 1 heterocycles. The maximum atomic E-state index is 11.8. The molecule has 0 aromatic heterocycles. The van der Waals surface area contributed by atoms with Crippen molar-refractivity contribution in [3.63, 3.8) is 0 Å². The number of amides is 1. The Morgan fingerprint density at radius 2 is 1.94 bits per heavy atom. The number of ether oxygens (including phenoxy) is 1. The van der Waals surface area contributed by atoms with Gasteiger partial charge in [0.05, 0.1) is 13.2 Å². The van der Waals surface area contributed by atoms with Crippen LogP contribution in [-0.2, 0) is 9.53 Å². The highest BCUT2D eigenvalue weighted by Crippen LogP contribution is 2.05. The van der Waals surface area contributed by atoms with Gasteiger partial charge in [-0.1, -0.05) is 0 Å². The predicted molar refractivity (Wildman–Crippen MR) is 68.0 cm³/mol. The fraction of sp³-hybridized carbons (Fsp3) is 0.917. The van der Waals surface area contributed by atoms with E-state index in [2.05, 4.69) is 24.1 Å². The number of piperazine rings is 1. The number of carbonyl (C=O) groups is 1. The molecule has 1 fully saturated rings. The van der Waals surface area contributed by atoms with E-state index in [-0.39, 0.29) is 5.91 Å². The zero-order valence-electron chi connectivity index (χ0n) is 11.2. The van der Waals surface area contributed by atoms with E-state index >= 15 is 0 Å². The Balaban J connectivity index is 2.17. The van der Waals surface area contributed by atoms with E-state index in [1.807, 2.05) is 4.90 Å². The summed E-state index contributed by atoms with van der Waals surface area (Å²) in [7, 11) is 1.66. The van der Waals surface area contributed by atoms with Crippen LogP contribution in [0.5, 0.6) is 0 Å². The first kappa shape index (κ1) is 14.4. The Morgan fingerprint density at radius 3 is 2.47 bits per heavy atom. The van der Waals surface area contributed by atoms with Crippen molar-refractivity contribution in [1.29, 1.82) is 0 Å². The molecule has 0 spiro atoms. The fourth-order valence-corrected chi connectivity index (χ4v) is 1.97. The van der Waals surface area contributed by atoms with Gasteiger partial charge in [-0.25, -0.2) is 0 Å². The Bertz CT molecular complexity index is 226. The first-order valence-electron chi connectivity index (χ1n) is 6.36. The molecule has 0 bridgehead atoms. The van der Waals surface area contributed by atoms with Gasteiger partial charge in [-0.2, -0.15) is 0 Å². The van der Waals surface area contributed by atoms with Gasteiger partial charge in [-0.05, 0) is 13.8 Å². The Kier molecular flexibility index (Phi) is 6.47. The number of nitrogens with zero attached hydrogens (tertiary/aromatic N) is 2. The normalized spacial score (nSPS) is 17.8. The monoisotopic (exact) mass is 243 g/mol. The third-order valence-electron chi connectivity index (χ3n) is 3.16. The Hall–Kier alpha value is -0.650. The number of hydrogen-bond donors (Lipinski definition) is 1. The van der Waals surface area contributed by atoms with Crippen LogP contribution in [0, 0.1) is 0 Å². The van der Waals surface area contributed by atoms with E-state index in [9.17, 15) is 4.79 Å². The molecule has 100 valence electrons. The van der Waals surface area contributed by atoms with Crippen molar-refractivity contribution in [2.45, 2.75) is 19.9 Å². The summed E-state index contributed by atoms with van der Waals surface area (Å²) in [6, 6.07) is 0.576. The van der Waals surface area contributed by atoms with E-state index in [4.69, 9.17) is 4.74 Å². The van der Waals surface area contributed by atoms with Crippen LogP contribution in [-0.4, -0.2) is 74.7 Å². The lowest BCUT2D eigenvalue weighted by Gasteiger charge is -2.37. The molecule has 0 aromatic rings. The summed E-state index contributed by atoms with van der Waals surface area (Å²) >= 11 is 0. The minimum absolute atomic E-state index is 0.199. The zero-order chi connectivity index (χ0) is 12.7. The van der Waals surface area contributed by atoms with Crippen LogP contribution in [0.1, 0.15) is 13.8 Å². The van der Waals surface area contributed by atoms with Crippen LogP contribution in [0.4, 0.5) is 0 Å². The smallest absolute Gasteiger partial charge is 0.236 e. The second-order valence-corrected chi connectivity index (χ2v) is 4.68. The summed E-state index contributed by atoms with van der Waals surface area (Å²) in [5, 5.41) is 3.09. The first-order valence-corrected chi connectivity index (χ1v) is 6.36. The van der Waals surface area contributed by atoms with Crippen LogP contribution in [0.3, 0.4) is 0 Å². The van der Waals surface area contributed by atoms with Crippen LogP contribution >= 0.6 is 0 Å². The third kappa shape index (κ3) is 5.02. The Morgan fingerprint density at radius 1 is 1.29 bits per heavy atom. The molecule has 0 unspecified atom stereocenters. The molecule has 17 heavy (non-hydrogen) atoms. The number of carbonyl (C=O) groups excluding carboxylic acids is 1. The molecule has 1 aliphatic rings. The molecule has 1 amide bonds. The van der Waals surface area contributed by atoms with E-state index in [0.717, 1.165) is 32.7 Å². The highest BCUT2D eigenvalue weighted by Gasteiger charge is 2.21. The van der Waals surface area contributed by atoms with E-state index in [0.29, 0.717) is 19.2 Å². The van der Waals surface area contributed by atoms with E-state index in [1.54, 1.807) is 7.11 Å². The van der Waals surface area contributed by atoms with Gasteiger partial charge in [0.2, 0.25) is 5.91 Å². The van der Waals surface area contributed by atoms with Crippen molar-refractivity contribution >= 4 is 5.91 Å². The maximum Gasteiger partial charge on any atom is 0.236 e. The average Bonchev–Trinajstić information content (AvgIpc) is 2.34. The lowest BCUT2D eigenvalue weighted by molar-refractivity contribution is -0.132. The molecule has 1 N–H and O–H groups in total. The first-order chi connectivity index (χ1) is 8.15. The van der Waals surface area contributed by atoms with Crippen molar-refractivity contribution in [2.24, 2.45) is 0 Å². The van der Waals surface area contributed by atoms with Gasteiger partial charge in [0.25, 0.3) is 0 Å². The summed E-state index contributed by atoms with van der Waals surface area (Å²) in [6.45, 7) is 9.87. The van der Waals surface area contributed by atoms with Gasteiger partial charge in [0, 0.05) is 45.9 Å². The van der Waals surface area contributed by atoms with Gasteiger partial charge in [-0.3, -0.25) is 9.69 Å². The number of nitrogens with one attached hydrogen (secondary N) is 1. The van der Waals surface area contributed by atoms with Crippen LogP contribution in [0.15, 0.2) is 0 Å². The third-order valence-corrected chi connectivity index (χ3v) is 3.16. The molecule has 1 saturated heterocycles. The largest absolute Gasteiger partial charge is 0.383 e. The number of hydrogen-bond acceptors (Lipinski definition) is 4. The lowest BCUT2D eigenvalue weighted by Crippen LogP contribution is -2.52. The van der Waals surface area contributed by atoms with Crippen molar-refractivity contribution in [1.82, 2.24) is 15.1 Å². The highest BCUT2D eigenvalue weighted by molar-refractivity contribution is 5.78. The van der Waals surface area contributed by atoms with Gasteiger partial charge >= 0.3 is 0 Å². The Labute approximate surface area is 104 Å². The molecule has 0 atom stereocenters. The van der Waals surface area contributed by atoms with Crippen LogP contribution < -0.4 is 5.32 Å². The summed E-state index contributed by atoms with van der Waals surface area (Å²) in [6.07, 6.45) is 0. The fourth-order valence-electron chi connectivity index (χ4n) is 1.97. The predicted octanol–water partition coefficient (Wildman–Crippen LogP) is -0.225. The molecule has 1 aliphatic heterocycles. The molecule has 5 heteroatoms. The highest BCUT2D eigenvalue weighted by atomic mass is 16.5. The van der Waals surface area contributed by atoms with Crippen molar-refractivity contribution in [2.75, 3.05) is 53.0 Å². The summed E-state index contributed by atoms with van der Waals surface area (Å²) in [5.41, 5.74) is 0. The second kappa shape index (κ2) is 7.63. The minimum atomic E-state index is 0.199. The van der Waals surface area contributed by atoms with Gasteiger partial charge < -0.3 is 15.0 Å². The lowest BCUT2D eigenvalue weighted by atomic mass is 10.2. The molecule has 0 saturated carbocycles.